The van der Waals surface area contributed by atoms with Crippen LogP contribution in [0.5, 0.6) is 0 Å². The number of carbonyl (C=O) groups excluding carboxylic acids is 2. The zero-order valence-electron chi connectivity index (χ0n) is 16.2. The third-order valence-electron chi connectivity index (χ3n) is 5.86. The van der Waals surface area contributed by atoms with Gasteiger partial charge in [-0.2, -0.15) is 0 Å². The first-order valence-electron chi connectivity index (χ1n) is 9.43. The molecule has 27 heavy (non-hydrogen) atoms. The average molecular weight is 371 g/mol. The van der Waals surface area contributed by atoms with Crippen molar-refractivity contribution in [2.24, 2.45) is 5.92 Å². The Balaban J connectivity index is 1.59. The van der Waals surface area contributed by atoms with Crippen LogP contribution in [0, 0.1) is 33.6 Å². The van der Waals surface area contributed by atoms with Gasteiger partial charge in [0.2, 0.25) is 5.91 Å². The molecular formula is C20H25N3O4. The van der Waals surface area contributed by atoms with Crippen molar-refractivity contribution in [2.45, 2.75) is 53.1 Å². The van der Waals surface area contributed by atoms with E-state index in [2.05, 4.69) is 5.16 Å². The first-order chi connectivity index (χ1) is 12.8. The molecule has 7 nitrogen and oxygen atoms in total. The summed E-state index contributed by atoms with van der Waals surface area (Å²) in [4.78, 5) is 29.8. The molecule has 3 aliphatic heterocycles. The first-order valence-corrected chi connectivity index (χ1v) is 9.43. The van der Waals surface area contributed by atoms with Crippen LogP contribution in [0.4, 0.5) is 0 Å². The largest absolute Gasteiger partial charge is 0.466 e. The molecule has 0 aliphatic carbocycles. The van der Waals surface area contributed by atoms with Gasteiger partial charge in [-0.1, -0.05) is 5.16 Å². The minimum absolute atomic E-state index is 0.0159. The molecule has 3 saturated heterocycles. The van der Waals surface area contributed by atoms with Gasteiger partial charge >= 0.3 is 0 Å². The van der Waals surface area contributed by atoms with Crippen molar-refractivity contribution in [1.29, 1.82) is 0 Å². The highest BCUT2D eigenvalue weighted by Gasteiger charge is 2.42. The molecule has 0 N–H and O–H groups in total. The molecule has 3 fully saturated rings. The van der Waals surface area contributed by atoms with Gasteiger partial charge in [0.25, 0.3) is 5.91 Å². The van der Waals surface area contributed by atoms with Gasteiger partial charge in [-0.15, -0.1) is 0 Å². The Hall–Kier alpha value is -2.57. The fourth-order valence-corrected chi connectivity index (χ4v) is 4.33. The number of aryl methyl sites for hydroxylation is 4. The van der Waals surface area contributed by atoms with Gasteiger partial charge in [-0.25, -0.2) is 0 Å². The van der Waals surface area contributed by atoms with Gasteiger partial charge in [0.1, 0.15) is 17.3 Å². The highest BCUT2D eigenvalue weighted by molar-refractivity contribution is 5.96. The van der Waals surface area contributed by atoms with E-state index < -0.39 is 0 Å². The predicted molar refractivity (Wildman–Crippen MR) is 97.1 cm³/mol. The van der Waals surface area contributed by atoms with Gasteiger partial charge in [0.05, 0.1) is 23.7 Å². The summed E-state index contributed by atoms with van der Waals surface area (Å²) in [6.07, 6.45) is 1.74. The molecule has 0 spiro atoms. The molecule has 2 aromatic heterocycles. The number of fused-ring (bicyclic) bond motifs is 4. The van der Waals surface area contributed by atoms with E-state index in [0.717, 1.165) is 35.6 Å². The summed E-state index contributed by atoms with van der Waals surface area (Å²) >= 11 is 0. The fourth-order valence-electron chi connectivity index (χ4n) is 4.33. The van der Waals surface area contributed by atoms with E-state index in [-0.39, 0.29) is 23.8 Å². The number of piperidine rings is 1. The van der Waals surface area contributed by atoms with Crippen LogP contribution >= 0.6 is 0 Å². The average Bonchev–Trinajstić information content (AvgIpc) is 2.99. The van der Waals surface area contributed by atoms with Gasteiger partial charge in [-0.05, 0) is 46.6 Å². The van der Waals surface area contributed by atoms with Crippen molar-refractivity contribution in [3.8, 4) is 0 Å². The van der Waals surface area contributed by atoms with Crippen LogP contribution in [0.15, 0.2) is 15.0 Å². The zero-order chi connectivity index (χ0) is 19.3. The van der Waals surface area contributed by atoms with Gasteiger partial charge in [0.15, 0.2) is 0 Å². The van der Waals surface area contributed by atoms with Gasteiger partial charge in [0, 0.05) is 24.7 Å². The Kier molecular flexibility index (Phi) is 4.32. The SMILES string of the molecule is Cc1cc(C(=O)N2C[C@@H]3CC[C@H](C2)N(Cc2c(C)noc2C)C3=O)c(C)o1. The van der Waals surface area contributed by atoms with Gasteiger partial charge < -0.3 is 18.7 Å². The smallest absolute Gasteiger partial charge is 0.257 e. The number of furan rings is 1. The Bertz CT molecular complexity index is 878. The fraction of sp³-hybridized carbons (Fsp3) is 0.550. The monoisotopic (exact) mass is 371 g/mol. The molecule has 0 aromatic carbocycles. The number of hydrogen-bond acceptors (Lipinski definition) is 5. The Labute approximate surface area is 158 Å². The number of rotatable bonds is 3. The maximum Gasteiger partial charge on any atom is 0.257 e. The minimum Gasteiger partial charge on any atom is -0.466 e. The lowest BCUT2D eigenvalue weighted by Crippen LogP contribution is -2.47. The maximum absolute atomic E-state index is 13.1. The normalized spacial score (nSPS) is 22.4. The second-order valence-electron chi connectivity index (χ2n) is 7.73. The second-order valence-corrected chi connectivity index (χ2v) is 7.73. The number of aromatic nitrogens is 1. The lowest BCUT2D eigenvalue weighted by atomic mass is 9.93. The van der Waals surface area contributed by atoms with Crippen molar-refractivity contribution in [1.82, 2.24) is 15.0 Å². The topological polar surface area (TPSA) is 79.8 Å². The van der Waals surface area contributed by atoms with Crippen LogP contribution in [0.2, 0.25) is 0 Å². The maximum atomic E-state index is 13.1. The van der Waals surface area contributed by atoms with E-state index in [1.165, 1.54) is 0 Å². The number of nitrogens with zero attached hydrogens (tertiary/aromatic N) is 3. The van der Waals surface area contributed by atoms with E-state index in [4.69, 9.17) is 8.94 Å². The van der Waals surface area contributed by atoms with Crippen LogP contribution in [0.25, 0.3) is 0 Å². The number of amides is 2. The van der Waals surface area contributed by atoms with Crippen LogP contribution in [-0.2, 0) is 11.3 Å². The summed E-state index contributed by atoms with van der Waals surface area (Å²) in [5, 5.41) is 4.00. The van der Waals surface area contributed by atoms with E-state index in [0.29, 0.717) is 31.0 Å². The van der Waals surface area contributed by atoms with Crippen molar-refractivity contribution < 1.29 is 18.5 Å². The van der Waals surface area contributed by atoms with E-state index in [9.17, 15) is 9.59 Å². The van der Waals surface area contributed by atoms with Crippen molar-refractivity contribution in [2.75, 3.05) is 13.1 Å². The van der Waals surface area contributed by atoms with E-state index >= 15 is 0 Å². The number of hydrogen-bond donors (Lipinski definition) is 0. The lowest BCUT2D eigenvalue weighted by molar-refractivity contribution is -0.140. The third kappa shape index (κ3) is 3.05. The van der Waals surface area contributed by atoms with Crippen LogP contribution in [0.1, 0.15) is 51.7 Å². The summed E-state index contributed by atoms with van der Waals surface area (Å²) in [5.41, 5.74) is 2.38. The van der Waals surface area contributed by atoms with Crippen molar-refractivity contribution in [3.05, 3.63) is 40.2 Å². The summed E-state index contributed by atoms with van der Waals surface area (Å²) < 4.78 is 10.8. The van der Waals surface area contributed by atoms with Crippen LogP contribution in [0.3, 0.4) is 0 Å². The quantitative estimate of drug-likeness (QED) is 0.829. The third-order valence-corrected chi connectivity index (χ3v) is 5.86. The molecule has 2 amide bonds. The molecule has 7 heteroatoms. The Morgan fingerprint density at radius 1 is 1.19 bits per heavy atom. The Morgan fingerprint density at radius 2 is 1.96 bits per heavy atom. The van der Waals surface area contributed by atoms with E-state index in [1.807, 2.05) is 37.5 Å². The summed E-state index contributed by atoms with van der Waals surface area (Å²) in [7, 11) is 0. The van der Waals surface area contributed by atoms with Crippen molar-refractivity contribution >= 4 is 11.8 Å². The molecule has 5 heterocycles. The molecule has 0 radical (unpaired) electrons. The van der Waals surface area contributed by atoms with Crippen LogP contribution < -0.4 is 0 Å². The van der Waals surface area contributed by atoms with Crippen LogP contribution in [-0.4, -0.2) is 45.9 Å². The minimum atomic E-state index is -0.151. The number of carbonyl (C=O) groups is 2. The standard InChI is InChI=1S/C20H25N3O4/c1-11-7-17(13(3)26-11)20(25)22-8-15-5-6-16(9-22)23(19(15)24)10-18-12(2)21-27-14(18)4/h7,15-16H,5-6,8-10H2,1-4H3/t15-,16+/m0/s1. The lowest BCUT2D eigenvalue weighted by Gasteiger charge is -2.35. The highest BCUT2D eigenvalue weighted by atomic mass is 16.5. The molecule has 3 aliphatic rings. The van der Waals surface area contributed by atoms with Gasteiger partial charge in [-0.3, -0.25) is 9.59 Å². The Morgan fingerprint density at radius 3 is 2.59 bits per heavy atom. The summed E-state index contributed by atoms with van der Waals surface area (Å²) in [6.45, 7) is 8.92. The molecule has 2 aromatic rings. The molecule has 0 saturated carbocycles. The van der Waals surface area contributed by atoms with Crippen molar-refractivity contribution in [3.63, 3.8) is 0 Å². The molecule has 2 bridgehead atoms. The molecule has 0 unspecified atom stereocenters. The predicted octanol–water partition coefficient (Wildman–Crippen LogP) is 2.76. The molecule has 144 valence electrons. The molecular weight excluding hydrogens is 346 g/mol. The highest BCUT2D eigenvalue weighted by Crippen LogP contribution is 2.32. The summed E-state index contributed by atoms with van der Waals surface area (Å²) in [6, 6.07) is 1.80. The first kappa shape index (κ1) is 17.8. The summed E-state index contributed by atoms with van der Waals surface area (Å²) in [5.74, 6) is 2.03. The second kappa shape index (κ2) is 6.55. The molecule has 5 rings (SSSR count). The zero-order valence-corrected chi connectivity index (χ0v) is 16.2. The molecule has 2 atom stereocenters. The van der Waals surface area contributed by atoms with E-state index in [1.54, 1.807) is 6.07 Å².